The lowest BCUT2D eigenvalue weighted by molar-refractivity contribution is 0.325. The predicted octanol–water partition coefficient (Wildman–Crippen LogP) is 0.752. The van der Waals surface area contributed by atoms with E-state index < -0.39 is 10.0 Å². The van der Waals surface area contributed by atoms with E-state index in [1.807, 2.05) is 0 Å². The predicted molar refractivity (Wildman–Crippen MR) is 80.3 cm³/mol. The molecule has 0 saturated heterocycles. The van der Waals surface area contributed by atoms with Gasteiger partial charge in [-0.3, -0.25) is 4.68 Å². The number of fused-ring (bicyclic) bond motifs is 1. The monoisotopic (exact) mass is 337 g/mol. The summed E-state index contributed by atoms with van der Waals surface area (Å²) in [5.74, 6) is 0.630. The van der Waals surface area contributed by atoms with Gasteiger partial charge >= 0.3 is 0 Å². The number of pyridine rings is 1. The molecule has 0 aliphatic carbocycles. The van der Waals surface area contributed by atoms with Crippen LogP contribution in [0.15, 0.2) is 27.7 Å². The summed E-state index contributed by atoms with van der Waals surface area (Å²) in [5.41, 5.74) is 1.34. The quantitative estimate of drug-likeness (QED) is 0.731. The molecule has 3 aromatic heterocycles. The Balaban J connectivity index is 1.85. The van der Waals surface area contributed by atoms with Crippen LogP contribution in [0, 0.1) is 6.92 Å². The van der Waals surface area contributed by atoms with Crippen molar-refractivity contribution < 1.29 is 17.7 Å². The first kappa shape index (κ1) is 15.4. The lowest BCUT2D eigenvalue weighted by Crippen LogP contribution is -2.23. The normalized spacial score (nSPS) is 12.0. The maximum Gasteiger partial charge on any atom is 0.254 e. The van der Waals surface area contributed by atoms with Crippen LogP contribution in [-0.2, 0) is 23.6 Å². The van der Waals surface area contributed by atoms with Crippen molar-refractivity contribution in [3.05, 3.63) is 29.8 Å². The Kier molecular flexibility index (Phi) is 3.78. The maximum atomic E-state index is 12.4. The smallest absolute Gasteiger partial charge is 0.254 e. The van der Waals surface area contributed by atoms with E-state index in [-0.39, 0.29) is 17.3 Å². The number of ether oxygens (including phenoxy) is 1. The number of methoxy groups -OCH3 is 1. The first-order valence-electron chi connectivity index (χ1n) is 6.69. The molecule has 0 saturated carbocycles. The van der Waals surface area contributed by atoms with Crippen molar-refractivity contribution in [2.24, 2.45) is 7.05 Å². The van der Waals surface area contributed by atoms with E-state index in [0.717, 1.165) is 0 Å². The van der Waals surface area contributed by atoms with Gasteiger partial charge in [0.05, 0.1) is 19.3 Å². The molecule has 122 valence electrons. The fourth-order valence-corrected chi connectivity index (χ4v) is 3.12. The largest absolute Gasteiger partial charge is 0.479 e. The number of nitrogens with one attached hydrogen (secondary N) is 1. The van der Waals surface area contributed by atoms with Gasteiger partial charge in [0, 0.05) is 24.7 Å². The van der Waals surface area contributed by atoms with Gasteiger partial charge in [-0.1, -0.05) is 0 Å². The van der Waals surface area contributed by atoms with Crippen LogP contribution in [0.4, 0.5) is 0 Å². The molecule has 0 radical (unpaired) electrons. The molecule has 9 nitrogen and oxygen atoms in total. The second-order valence-electron chi connectivity index (χ2n) is 4.91. The number of aryl methyl sites for hydroxylation is 2. The van der Waals surface area contributed by atoms with E-state index in [4.69, 9.17) is 9.26 Å². The van der Waals surface area contributed by atoms with Crippen LogP contribution in [0.5, 0.6) is 5.88 Å². The molecule has 0 unspecified atom stereocenters. The van der Waals surface area contributed by atoms with Gasteiger partial charge < -0.3 is 9.26 Å². The maximum absolute atomic E-state index is 12.4. The van der Waals surface area contributed by atoms with E-state index in [9.17, 15) is 8.42 Å². The van der Waals surface area contributed by atoms with Gasteiger partial charge in [-0.05, 0) is 18.1 Å². The number of hydrogen-bond acceptors (Lipinski definition) is 7. The second kappa shape index (κ2) is 5.63. The molecule has 3 rings (SSSR count). The highest BCUT2D eigenvalue weighted by Crippen LogP contribution is 2.19. The Bertz CT molecular complexity index is 960. The zero-order chi connectivity index (χ0) is 16.6. The zero-order valence-corrected chi connectivity index (χ0v) is 13.6. The molecule has 0 aliphatic heterocycles. The molecule has 0 bridgehead atoms. The summed E-state index contributed by atoms with van der Waals surface area (Å²) in [4.78, 5) is 4.23. The molecule has 0 aliphatic rings. The summed E-state index contributed by atoms with van der Waals surface area (Å²) in [6.45, 7) is 1.76. The van der Waals surface area contributed by atoms with Crippen molar-refractivity contribution in [1.82, 2.24) is 24.6 Å². The minimum Gasteiger partial charge on any atom is -0.479 e. The Hall–Kier alpha value is -2.46. The number of hydrogen-bond donors (Lipinski definition) is 1. The van der Waals surface area contributed by atoms with Crippen LogP contribution in [0.3, 0.4) is 0 Å². The molecule has 0 amide bonds. The SMILES string of the molecule is COc1cc(CNS(=O)(=O)c2cnc3c(c2)c(C)nn3C)on1. The molecule has 0 spiro atoms. The molecule has 23 heavy (non-hydrogen) atoms. The molecule has 10 heteroatoms. The van der Waals surface area contributed by atoms with Gasteiger partial charge in [0.15, 0.2) is 11.4 Å². The van der Waals surface area contributed by atoms with Gasteiger partial charge in [0.2, 0.25) is 10.0 Å². The molecule has 3 heterocycles. The molecular weight excluding hydrogens is 322 g/mol. The summed E-state index contributed by atoms with van der Waals surface area (Å²) in [6.07, 6.45) is 1.30. The number of nitrogens with zero attached hydrogens (tertiary/aromatic N) is 4. The Morgan fingerprint density at radius 3 is 2.87 bits per heavy atom. The first-order valence-corrected chi connectivity index (χ1v) is 8.17. The van der Waals surface area contributed by atoms with E-state index in [1.54, 1.807) is 24.7 Å². The Labute approximate surface area is 132 Å². The second-order valence-corrected chi connectivity index (χ2v) is 6.68. The third kappa shape index (κ3) is 2.90. The molecule has 0 fully saturated rings. The van der Waals surface area contributed by atoms with Crippen molar-refractivity contribution in [2.75, 3.05) is 7.11 Å². The van der Waals surface area contributed by atoms with Gasteiger partial charge in [-0.25, -0.2) is 18.1 Å². The first-order chi connectivity index (χ1) is 10.9. The van der Waals surface area contributed by atoms with Gasteiger partial charge in [0.25, 0.3) is 5.88 Å². The van der Waals surface area contributed by atoms with Gasteiger partial charge in [-0.2, -0.15) is 5.10 Å². The fourth-order valence-electron chi connectivity index (χ4n) is 2.16. The van der Waals surface area contributed by atoms with Crippen LogP contribution < -0.4 is 9.46 Å². The number of aromatic nitrogens is 4. The fraction of sp³-hybridized carbons (Fsp3) is 0.308. The molecule has 3 aromatic rings. The third-order valence-corrected chi connectivity index (χ3v) is 4.70. The van der Waals surface area contributed by atoms with E-state index in [1.165, 1.54) is 19.4 Å². The molecule has 0 atom stereocenters. The number of sulfonamides is 1. The Morgan fingerprint density at radius 2 is 2.17 bits per heavy atom. The minimum atomic E-state index is -3.73. The lowest BCUT2D eigenvalue weighted by Gasteiger charge is -2.05. The lowest BCUT2D eigenvalue weighted by atomic mass is 10.3. The summed E-state index contributed by atoms with van der Waals surface area (Å²) in [7, 11) is -0.530. The highest BCUT2D eigenvalue weighted by atomic mass is 32.2. The van der Waals surface area contributed by atoms with Crippen LogP contribution in [0.25, 0.3) is 11.0 Å². The van der Waals surface area contributed by atoms with Crippen LogP contribution >= 0.6 is 0 Å². The van der Waals surface area contributed by atoms with E-state index >= 15 is 0 Å². The molecular formula is C13H15N5O4S. The van der Waals surface area contributed by atoms with Crippen molar-refractivity contribution in [3.63, 3.8) is 0 Å². The summed E-state index contributed by atoms with van der Waals surface area (Å²) in [5, 5.41) is 8.52. The van der Waals surface area contributed by atoms with Crippen molar-refractivity contribution in [3.8, 4) is 5.88 Å². The average molecular weight is 337 g/mol. The minimum absolute atomic E-state index is 0.0389. The van der Waals surface area contributed by atoms with Gasteiger partial charge in [-0.15, -0.1) is 0 Å². The van der Waals surface area contributed by atoms with Crippen LogP contribution in [-0.4, -0.2) is 35.4 Å². The molecule has 1 N–H and O–H groups in total. The average Bonchev–Trinajstić information content (AvgIpc) is 3.10. The standard InChI is InChI=1S/C13H15N5O4S/c1-8-11-5-10(7-14-13(11)18(2)16-8)23(19,20)15-6-9-4-12(21-3)17-22-9/h4-5,7,15H,6H2,1-3H3. The number of rotatable bonds is 5. The molecule has 0 aromatic carbocycles. The van der Waals surface area contributed by atoms with E-state index in [2.05, 4.69) is 20.0 Å². The van der Waals surface area contributed by atoms with Crippen molar-refractivity contribution in [1.29, 1.82) is 0 Å². The summed E-state index contributed by atoms with van der Waals surface area (Å²) in [6, 6.07) is 3.06. The van der Waals surface area contributed by atoms with Crippen LogP contribution in [0.1, 0.15) is 11.5 Å². The van der Waals surface area contributed by atoms with Crippen molar-refractivity contribution in [2.45, 2.75) is 18.4 Å². The van der Waals surface area contributed by atoms with Crippen molar-refractivity contribution >= 4 is 21.1 Å². The highest BCUT2D eigenvalue weighted by Gasteiger charge is 2.18. The van der Waals surface area contributed by atoms with E-state index in [0.29, 0.717) is 22.5 Å². The van der Waals surface area contributed by atoms with Gasteiger partial charge in [0.1, 0.15) is 4.90 Å². The van der Waals surface area contributed by atoms with Crippen LogP contribution in [0.2, 0.25) is 0 Å². The summed E-state index contributed by atoms with van der Waals surface area (Å²) >= 11 is 0. The third-order valence-electron chi connectivity index (χ3n) is 3.33. The summed E-state index contributed by atoms with van der Waals surface area (Å²) < 4.78 is 38.6. The topological polar surface area (TPSA) is 112 Å². The highest BCUT2D eigenvalue weighted by molar-refractivity contribution is 7.89. The Morgan fingerprint density at radius 1 is 1.39 bits per heavy atom. The zero-order valence-electron chi connectivity index (χ0n) is 12.8.